The number of furan rings is 1. The van der Waals surface area contributed by atoms with Crippen molar-refractivity contribution in [1.29, 1.82) is 0 Å². The Labute approximate surface area is 178 Å². The van der Waals surface area contributed by atoms with Gasteiger partial charge in [-0.25, -0.2) is 9.67 Å². The highest BCUT2D eigenvalue weighted by Gasteiger charge is 2.18. The van der Waals surface area contributed by atoms with Gasteiger partial charge in [0.05, 0.1) is 23.9 Å². The van der Waals surface area contributed by atoms with Crippen molar-refractivity contribution in [3.05, 3.63) is 93.8 Å². The molecule has 31 heavy (non-hydrogen) atoms. The van der Waals surface area contributed by atoms with Crippen LogP contribution in [0.5, 0.6) is 0 Å². The van der Waals surface area contributed by atoms with Crippen LogP contribution in [0.3, 0.4) is 0 Å². The monoisotopic (exact) mass is 411 g/mol. The van der Waals surface area contributed by atoms with Gasteiger partial charge in [-0.1, -0.05) is 35.9 Å². The number of nitrogens with zero attached hydrogens (tertiary/aromatic N) is 3. The van der Waals surface area contributed by atoms with Crippen molar-refractivity contribution < 1.29 is 8.83 Å². The first-order valence-corrected chi connectivity index (χ1v) is 10.1. The second kappa shape index (κ2) is 7.40. The fourth-order valence-corrected chi connectivity index (χ4v) is 3.75. The summed E-state index contributed by atoms with van der Waals surface area (Å²) in [4.78, 5) is 17.8. The molecule has 2 aromatic carbocycles. The zero-order valence-corrected chi connectivity index (χ0v) is 17.5. The quantitative estimate of drug-likeness (QED) is 0.402. The third-order valence-corrected chi connectivity index (χ3v) is 5.44. The van der Waals surface area contributed by atoms with E-state index in [-0.39, 0.29) is 12.1 Å². The van der Waals surface area contributed by atoms with E-state index in [1.807, 2.05) is 31.2 Å². The molecule has 3 heterocycles. The van der Waals surface area contributed by atoms with E-state index in [2.05, 4.69) is 37.0 Å². The Kier molecular flexibility index (Phi) is 4.55. The van der Waals surface area contributed by atoms with Crippen LogP contribution in [0.1, 0.15) is 22.6 Å². The van der Waals surface area contributed by atoms with Crippen LogP contribution in [-0.2, 0) is 6.54 Å². The predicted molar refractivity (Wildman–Crippen MR) is 119 cm³/mol. The maximum Gasteiger partial charge on any atom is 0.275 e. The van der Waals surface area contributed by atoms with Crippen LogP contribution in [0.15, 0.2) is 74.5 Å². The first-order chi connectivity index (χ1) is 15.0. The summed E-state index contributed by atoms with van der Waals surface area (Å²) in [6.07, 6.45) is 1.57. The highest BCUT2D eigenvalue weighted by Crippen LogP contribution is 2.29. The van der Waals surface area contributed by atoms with Gasteiger partial charge in [0.2, 0.25) is 0 Å². The maximum absolute atomic E-state index is 13.2. The lowest BCUT2D eigenvalue weighted by Gasteiger charge is -2.13. The Bertz CT molecular complexity index is 1460. The molecule has 0 bridgehead atoms. The molecule has 0 N–H and O–H groups in total. The van der Waals surface area contributed by atoms with Gasteiger partial charge in [0.15, 0.2) is 5.76 Å². The van der Waals surface area contributed by atoms with Crippen LogP contribution < -0.4 is 5.56 Å². The fraction of sp³-hybridized carbons (Fsp3) is 0.160. The van der Waals surface area contributed by atoms with Crippen molar-refractivity contribution in [2.45, 2.75) is 27.3 Å². The van der Waals surface area contributed by atoms with Crippen LogP contribution in [0, 0.1) is 20.8 Å². The maximum atomic E-state index is 13.2. The third kappa shape index (κ3) is 3.36. The molecule has 5 aromatic rings. The van der Waals surface area contributed by atoms with Crippen LogP contribution >= 0.6 is 0 Å². The Morgan fingerprint density at radius 3 is 2.55 bits per heavy atom. The normalized spacial score (nSPS) is 11.3. The summed E-state index contributed by atoms with van der Waals surface area (Å²) in [7, 11) is 0. The largest absolute Gasteiger partial charge is 0.459 e. The summed E-state index contributed by atoms with van der Waals surface area (Å²) in [5.41, 5.74) is 4.52. The highest BCUT2D eigenvalue weighted by atomic mass is 16.4. The molecule has 3 aromatic heterocycles. The molecule has 0 spiro atoms. The van der Waals surface area contributed by atoms with Crippen LogP contribution in [0.4, 0.5) is 0 Å². The van der Waals surface area contributed by atoms with Gasteiger partial charge >= 0.3 is 0 Å². The Hall–Kier alpha value is -3.93. The molecule has 0 radical (unpaired) electrons. The van der Waals surface area contributed by atoms with Crippen molar-refractivity contribution in [3.63, 3.8) is 0 Å². The highest BCUT2D eigenvalue weighted by molar-refractivity contribution is 5.94. The smallest absolute Gasteiger partial charge is 0.275 e. The average molecular weight is 411 g/mol. The predicted octanol–water partition coefficient (Wildman–Crippen LogP) is 5.29. The first-order valence-electron chi connectivity index (χ1n) is 10.1. The zero-order valence-electron chi connectivity index (χ0n) is 17.5. The summed E-state index contributed by atoms with van der Waals surface area (Å²) in [5, 5.41) is 6.24. The van der Waals surface area contributed by atoms with Crippen LogP contribution in [-0.4, -0.2) is 14.8 Å². The number of fused-ring (bicyclic) bond motifs is 1. The molecule has 0 saturated carbocycles. The molecule has 154 valence electrons. The summed E-state index contributed by atoms with van der Waals surface area (Å²) < 4.78 is 12.6. The lowest BCUT2D eigenvalue weighted by molar-refractivity contribution is 0.498. The molecular formula is C25H21N3O3. The Morgan fingerprint density at radius 1 is 0.968 bits per heavy atom. The van der Waals surface area contributed by atoms with E-state index >= 15 is 0 Å². The van der Waals surface area contributed by atoms with Gasteiger partial charge in [-0.2, -0.15) is 5.10 Å². The minimum Gasteiger partial charge on any atom is -0.459 e. The van der Waals surface area contributed by atoms with Gasteiger partial charge in [-0.3, -0.25) is 4.79 Å². The summed E-state index contributed by atoms with van der Waals surface area (Å²) in [5.74, 6) is 1.56. The number of aromatic nitrogens is 3. The number of benzene rings is 2. The standard InChI is InChI=1S/C25H21N3O3/c1-15-10-11-16(2)20(13-15)23-18-7-4-5-8-19(18)25(29)28(27-23)14-21-17(3)31-24(26-21)22-9-6-12-30-22/h4-13H,14H2,1-3H3. The number of hydrogen-bond acceptors (Lipinski definition) is 5. The van der Waals surface area contributed by atoms with Gasteiger partial charge in [-0.15, -0.1) is 0 Å². The fourth-order valence-electron chi connectivity index (χ4n) is 3.75. The second-order valence-corrected chi connectivity index (χ2v) is 7.67. The van der Waals surface area contributed by atoms with E-state index in [0.717, 1.165) is 27.8 Å². The van der Waals surface area contributed by atoms with Crippen molar-refractivity contribution in [2.24, 2.45) is 0 Å². The first kappa shape index (κ1) is 19.1. The minimum absolute atomic E-state index is 0.161. The zero-order chi connectivity index (χ0) is 21.5. The van der Waals surface area contributed by atoms with Gasteiger partial charge in [0, 0.05) is 10.9 Å². The Balaban J connectivity index is 1.68. The molecule has 0 aliphatic rings. The van der Waals surface area contributed by atoms with E-state index in [4.69, 9.17) is 13.9 Å². The van der Waals surface area contributed by atoms with Gasteiger partial charge in [0.25, 0.3) is 11.4 Å². The number of aryl methyl sites for hydroxylation is 3. The number of hydrogen-bond donors (Lipinski definition) is 0. The molecule has 5 rings (SSSR count). The summed E-state index contributed by atoms with van der Waals surface area (Å²) >= 11 is 0. The van der Waals surface area contributed by atoms with Gasteiger partial charge < -0.3 is 8.83 Å². The molecule has 0 unspecified atom stereocenters. The average Bonchev–Trinajstić information content (AvgIpc) is 3.42. The van der Waals surface area contributed by atoms with E-state index in [1.54, 1.807) is 18.4 Å². The lowest BCUT2D eigenvalue weighted by Crippen LogP contribution is -2.25. The molecule has 0 amide bonds. The van der Waals surface area contributed by atoms with E-state index in [0.29, 0.717) is 28.5 Å². The Morgan fingerprint density at radius 2 is 1.77 bits per heavy atom. The van der Waals surface area contributed by atoms with Crippen LogP contribution in [0.25, 0.3) is 33.7 Å². The number of oxazole rings is 1. The van der Waals surface area contributed by atoms with Gasteiger partial charge in [-0.05, 0) is 50.6 Å². The molecular weight excluding hydrogens is 390 g/mol. The lowest BCUT2D eigenvalue weighted by atomic mass is 9.99. The summed E-state index contributed by atoms with van der Waals surface area (Å²) in [6.45, 7) is 6.14. The van der Waals surface area contributed by atoms with Crippen molar-refractivity contribution in [1.82, 2.24) is 14.8 Å². The van der Waals surface area contributed by atoms with E-state index in [9.17, 15) is 4.79 Å². The van der Waals surface area contributed by atoms with Crippen molar-refractivity contribution in [2.75, 3.05) is 0 Å². The molecule has 0 aliphatic heterocycles. The molecule has 0 saturated heterocycles. The molecule has 0 aliphatic carbocycles. The molecule has 6 nitrogen and oxygen atoms in total. The SMILES string of the molecule is Cc1ccc(C)c(-c2nn(Cc3nc(-c4ccco4)oc3C)c(=O)c3ccccc23)c1. The van der Waals surface area contributed by atoms with E-state index in [1.165, 1.54) is 4.68 Å². The van der Waals surface area contributed by atoms with Crippen LogP contribution in [0.2, 0.25) is 0 Å². The third-order valence-electron chi connectivity index (χ3n) is 5.44. The van der Waals surface area contributed by atoms with Gasteiger partial charge in [0.1, 0.15) is 11.5 Å². The minimum atomic E-state index is -0.161. The van der Waals surface area contributed by atoms with Crippen molar-refractivity contribution in [3.8, 4) is 22.9 Å². The number of rotatable bonds is 4. The molecule has 0 fully saturated rings. The molecule has 6 heteroatoms. The van der Waals surface area contributed by atoms with Crippen molar-refractivity contribution >= 4 is 10.8 Å². The topological polar surface area (TPSA) is 74.1 Å². The second-order valence-electron chi connectivity index (χ2n) is 7.67. The molecule has 0 atom stereocenters. The summed E-state index contributed by atoms with van der Waals surface area (Å²) in [6, 6.07) is 17.4. The van der Waals surface area contributed by atoms with E-state index < -0.39 is 0 Å².